The summed E-state index contributed by atoms with van der Waals surface area (Å²) in [5.74, 6) is -0.104. The molecule has 1 N–H and O–H groups in total. The number of benzene rings is 1. The van der Waals surface area contributed by atoms with Gasteiger partial charge in [0.15, 0.2) is 5.43 Å². The largest absolute Gasteiger partial charge is 0.375 e. The van der Waals surface area contributed by atoms with E-state index in [1.165, 1.54) is 11.6 Å². The maximum Gasteiger partial charge on any atom is 0.274 e. The molecule has 1 amide bonds. The highest BCUT2D eigenvalue weighted by Gasteiger charge is 2.35. The molecular weight excluding hydrogens is 342 g/mol. The van der Waals surface area contributed by atoms with E-state index in [2.05, 4.69) is 36.6 Å². The van der Waals surface area contributed by atoms with Crippen molar-refractivity contribution in [3.05, 3.63) is 69.6 Å². The second kappa shape index (κ2) is 9.92. The monoisotopic (exact) mass is 371 g/mol. The van der Waals surface area contributed by atoms with Crippen LogP contribution in [0.2, 0.25) is 0 Å². The number of morpholine rings is 1. The molecule has 1 saturated heterocycles. The summed E-state index contributed by atoms with van der Waals surface area (Å²) in [6.07, 6.45) is 2.58. The van der Waals surface area contributed by atoms with Gasteiger partial charge in [0.1, 0.15) is 11.9 Å². The quantitative estimate of drug-likeness (QED) is 0.837. The van der Waals surface area contributed by atoms with Crippen molar-refractivity contribution in [3.8, 4) is 0 Å². The molecule has 1 atom stereocenters. The first-order valence-corrected chi connectivity index (χ1v) is 9.53. The predicted molar refractivity (Wildman–Crippen MR) is 108 cm³/mol. The summed E-state index contributed by atoms with van der Waals surface area (Å²) in [4.78, 5) is 25.6. The highest BCUT2D eigenvalue weighted by molar-refractivity contribution is 5.95. The summed E-state index contributed by atoms with van der Waals surface area (Å²) in [6.45, 7) is 9.40. The number of aromatic nitrogens is 1. The van der Waals surface area contributed by atoms with Crippen LogP contribution in [0.4, 0.5) is 0 Å². The number of ether oxygens (including phenoxy) is 1. The topological polar surface area (TPSA) is 63.6 Å². The van der Waals surface area contributed by atoms with Crippen molar-refractivity contribution in [2.24, 2.45) is 0 Å². The molecule has 0 unspecified atom stereocenters. The molecule has 0 saturated carbocycles. The first-order chi connectivity index (χ1) is 13.1. The molecule has 146 valence electrons. The van der Waals surface area contributed by atoms with Crippen molar-refractivity contribution in [1.29, 1.82) is 0 Å². The summed E-state index contributed by atoms with van der Waals surface area (Å²) in [5, 5.41) is 0. The number of carbonyl (C=O) groups is 1. The average Bonchev–Trinajstić information content (AvgIpc) is 2.73. The smallest absolute Gasteiger partial charge is 0.274 e. The predicted octanol–water partition coefficient (Wildman–Crippen LogP) is 2.79. The second-order valence-corrected chi connectivity index (χ2v) is 6.08. The van der Waals surface area contributed by atoms with Crippen LogP contribution in [0.1, 0.15) is 42.4 Å². The van der Waals surface area contributed by atoms with Crippen LogP contribution >= 0.6 is 0 Å². The Balaban J connectivity index is 0.000000220. The lowest BCUT2D eigenvalue weighted by Gasteiger charge is -2.41. The zero-order valence-electron chi connectivity index (χ0n) is 16.6. The average molecular weight is 371 g/mol. The summed E-state index contributed by atoms with van der Waals surface area (Å²) >= 11 is 0. The first-order valence-electron chi connectivity index (χ1n) is 9.53. The van der Waals surface area contributed by atoms with Crippen molar-refractivity contribution >= 4 is 5.91 Å². The van der Waals surface area contributed by atoms with E-state index in [1.54, 1.807) is 22.7 Å². The Hall–Kier alpha value is -2.60. The molecule has 2 aromatic rings. The van der Waals surface area contributed by atoms with Gasteiger partial charge < -0.3 is 15.1 Å². The Morgan fingerprint density at radius 1 is 1.15 bits per heavy atom. The van der Waals surface area contributed by atoms with Gasteiger partial charge in [-0.3, -0.25) is 14.3 Å². The maximum absolute atomic E-state index is 12.3. The summed E-state index contributed by atoms with van der Waals surface area (Å²) in [6, 6.07) is 11.9. The van der Waals surface area contributed by atoms with Gasteiger partial charge in [0.25, 0.3) is 5.91 Å². The van der Waals surface area contributed by atoms with Crippen LogP contribution in [0.3, 0.4) is 0 Å². The molecule has 27 heavy (non-hydrogen) atoms. The zero-order chi connectivity index (χ0) is 19.8. The molecule has 0 spiro atoms. The van der Waals surface area contributed by atoms with E-state index in [0.717, 1.165) is 6.42 Å². The third kappa shape index (κ3) is 4.77. The van der Waals surface area contributed by atoms with Crippen molar-refractivity contribution in [3.63, 3.8) is 0 Å². The van der Waals surface area contributed by atoms with Crippen molar-refractivity contribution < 1.29 is 9.53 Å². The fourth-order valence-electron chi connectivity index (χ4n) is 2.97. The van der Waals surface area contributed by atoms with E-state index in [0.29, 0.717) is 31.0 Å². The van der Waals surface area contributed by atoms with Crippen LogP contribution in [0, 0.1) is 6.92 Å². The minimum absolute atomic E-state index is 0.104. The maximum atomic E-state index is 12.3. The molecule has 6 nitrogen and oxygen atoms in total. The first kappa shape index (κ1) is 20.7. The van der Waals surface area contributed by atoms with Crippen LogP contribution in [0.25, 0.3) is 0 Å². The normalized spacial score (nSPS) is 17.3. The Bertz CT molecular complexity index is 802. The zero-order valence-corrected chi connectivity index (χ0v) is 16.6. The molecule has 0 bridgehead atoms. The molecule has 0 aliphatic carbocycles. The van der Waals surface area contributed by atoms with Gasteiger partial charge in [0.05, 0.1) is 13.2 Å². The molecule has 1 aromatic carbocycles. The third-order valence-electron chi connectivity index (χ3n) is 4.47. The van der Waals surface area contributed by atoms with Gasteiger partial charge in [0, 0.05) is 24.4 Å². The van der Waals surface area contributed by atoms with Crippen molar-refractivity contribution in [1.82, 2.24) is 9.58 Å². The number of fused-ring (bicyclic) bond motifs is 2. The lowest BCUT2D eigenvalue weighted by molar-refractivity contribution is -0.00292. The third-order valence-corrected chi connectivity index (χ3v) is 4.47. The molecule has 0 radical (unpaired) electrons. The van der Waals surface area contributed by atoms with Crippen LogP contribution in [0.5, 0.6) is 0 Å². The molecule has 6 heteroatoms. The van der Waals surface area contributed by atoms with Crippen LogP contribution in [-0.4, -0.2) is 41.4 Å². The summed E-state index contributed by atoms with van der Waals surface area (Å²) < 4.78 is 6.94. The molecule has 1 aromatic heterocycles. The minimum atomic E-state index is -0.148. The molecule has 2 aliphatic heterocycles. The van der Waals surface area contributed by atoms with Crippen LogP contribution in [-0.2, 0) is 11.2 Å². The van der Waals surface area contributed by atoms with E-state index in [9.17, 15) is 9.59 Å². The Morgan fingerprint density at radius 3 is 2.48 bits per heavy atom. The van der Waals surface area contributed by atoms with Gasteiger partial charge in [-0.1, -0.05) is 51.1 Å². The lowest BCUT2D eigenvalue weighted by atomic mass is 10.1. The van der Waals surface area contributed by atoms with E-state index in [4.69, 9.17) is 4.74 Å². The fourth-order valence-corrected chi connectivity index (χ4v) is 2.97. The Morgan fingerprint density at radius 2 is 1.85 bits per heavy atom. The number of rotatable bonds is 1. The molecule has 3 heterocycles. The molecule has 1 fully saturated rings. The van der Waals surface area contributed by atoms with E-state index in [1.807, 2.05) is 19.9 Å². The van der Waals surface area contributed by atoms with Gasteiger partial charge in [-0.2, -0.15) is 0 Å². The van der Waals surface area contributed by atoms with Gasteiger partial charge in [0.2, 0.25) is 0 Å². The van der Waals surface area contributed by atoms with E-state index in [-0.39, 0.29) is 17.5 Å². The highest BCUT2D eigenvalue weighted by Crippen LogP contribution is 2.17. The van der Waals surface area contributed by atoms with Gasteiger partial charge >= 0.3 is 0 Å². The van der Waals surface area contributed by atoms with Crippen molar-refractivity contribution in [2.75, 3.05) is 25.2 Å². The van der Waals surface area contributed by atoms with Gasteiger partial charge in [-0.05, 0) is 18.9 Å². The molecule has 4 rings (SSSR count). The van der Waals surface area contributed by atoms with Crippen molar-refractivity contribution in [2.45, 2.75) is 40.3 Å². The number of aryl methyl sites for hydroxylation is 1. The number of nitrogens with one attached hydrogen (secondary N) is 1. The number of hydrogen-bond acceptors (Lipinski definition) is 4. The number of nitrogens with zero attached hydrogens (tertiary/aromatic N) is 2. The minimum Gasteiger partial charge on any atom is -0.375 e. The Kier molecular flexibility index (Phi) is 7.61. The highest BCUT2D eigenvalue weighted by atomic mass is 16.5. The summed E-state index contributed by atoms with van der Waals surface area (Å²) in [5.41, 5.74) is 5.36. The Labute approximate surface area is 160 Å². The van der Waals surface area contributed by atoms with E-state index < -0.39 is 0 Å². The van der Waals surface area contributed by atoms with Gasteiger partial charge in [-0.25, -0.2) is 0 Å². The number of hydrogen-bond donors (Lipinski definition) is 1. The van der Waals surface area contributed by atoms with Crippen LogP contribution in [0.15, 0.2) is 47.4 Å². The van der Waals surface area contributed by atoms with Gasteiger partial charge in [-0.15, -0.1) is 0 Å². The molecular formula is C21H29N3O3. The van der Waals surface area contributed by atoms with E-state index >= 15 is 0 Å². The fraction of sp³-hybridized carbons (Fsp3) is 0.429. The lowest BCUT2D eigenvalue weighted by Crippen LogP contribution is -2.59. The number of pyridine rings is 1. The SMILES string of the molecule is CC.CCc1ccccc1.Cc1c2n(ccc1=O)N[C@@H]1COCCN1C2=O. The standard InChI is InChI=1S/C11H13N3O3.C8H10.C2H6/c1-7-8(15)2-3-14-10(7)11(16)13-4-5-17-6-9(13)12-14;1-2-8-6-4-3-5-7-8;1-2/h2-3,9,12H,4-6H2,1H3;3-7H,2H2,1H3;1-2H3/t9-;;/m0../s1. The summed E-state index contributed by atoms with van der Waals surface area (Å²) in [7, 11) is 0. The van der Waals surface area contributed by atoms with Crippen LogP contribution < -0.4 is 10.9 Å². The number of amides is 1. The number of carbonyl (C=O) groups excluding carboxylic acids is 1. The molecule has 2 aliphatic rings. The second-order valence-electron chi connectivity index (χ2n) is 6.08.